The number of hydrogen-bond acceptors (Lipinski definition) is 8. The topological polar surface area (TPSA) is 107 Å². The molecule has 1 aliphatic rings. The van der Waals surface area contributed by atoms with Crippen LogP contribution in [0.5, 0.6) is 0 Å². The van der Waals surface area contributed by atoms with Crippen molar-refractivity contribution in [2.24, 2.45) is 0 Å². The molecule has 0 unspecified atom stereocenters. The lowest BCUT2D eigenvalue weighted by Crippen LogP contribution is -2.31. The summed E-state index contributed by atoms with van der Waals surface area (Å²) in [6.07, 6.45) is 2.72. The highest BCUT2D eigenvalue weighted by atomic mass is 32.2. The standard InChI is InChI=1S/C39H33N3O5S/c43-24-26-13-15-27(16-14-26)34-22-33(45-38(46-34)30-17-19-32(20-18-30)41-37(44)31-12-7-21-40-23-31)25-48-39-42-35(28-8-3-1-4-9-28)36(47-39)29-10-5-2-6-11-29/h1-21,23,33-34,38,43H,22,24-25H2,(H,41,44)/t33-,34+,38+/m1/s1. The first-order chi connectivity index (χ1) is 23.6. The fourth-order valence-corrected chi connectivity index (χ4v) is 6.39. The first-order valence-corrected chi connectivity index (χ1v) is 16.7. The number of nitrogens with zero attached hydrogens (tertiary/aromatic N) is 2. The van der Waals surface area contributed by atoms with Gasteiger partial charge in [0.2, 0.25) is 0 Å². The van der Waals surface area contributed by atoms with E-state index in [1.807, 2.05) is 109 Å². The number of benzene rings is 4. The Labute approximate surface area is 282 Å². The van der Waals surface area contributed by atoms with Crippen LogP contribution in [-0.4, -0.2) is 32.8 Å². The summed E-state index contributed by atoms with van der Waals surface area (Å²) in [4.78, 5) is 21.6. The smallest absolute Gasteiger partial charge is 0.257 e. The zero-order valence-corrected chi connectivity index (χ0v) is 26.8. The molecule has 0 bridgehead atoms. The summed E-state index contributed by atoms with van der Waals surface area (Å²) < 4.78 is 19.4. The average Bonchev–Trinajstić information content (AvgIpc) is 3.60. The maximum Gasteiger partial charge on any atom is 0.257 e. The van der Waals surface area contributed by atoms with Crippen molar-refractivity contribution in [3.05, 3.63) is 156 Å². The van der Waals surface area contributed by atoms with Gasteiger partial charge >= 0.3 is 0 Å². The Morgan fingerprint density at radius 3 is 2.21 bits per heavy atom. The van der Waals surface area contributed by atoms with E-state index < -0.39 is 6.29 Å². The van der Waals surface area contributed by atoms with Gasteiger partial charge in [-0.1, -0.05) is 109 Å². The number of amides is 1. The van der Waals surface area contributed by atoms with Gasteiger partial charge in [-0.25, -0.2) is 4.98 Å². The number of carbonyl (C=O) groups is 1. The van der Waals surface area contributed by atoms with Gasteiger partial charge in [-0.3, -0.25) is 9.78 Å². The normalized spacial score (nSPS) is 17.6. The van der Waals surface area contributed by atoms with Crippen molar-refractivity contribution in [2.75, 3.05) is 11.1 Å². The number of aromatic nitrogens is 2. The molecule has 1 amide bonds. The van der Waals surface area contributed by atoms with Crippen molar-refractivity contribution in [1.82, 2.24) is 9.97 Å². The Hall–Kier alpha value is -5.06. The Balaban J connectivity index is 1.11. The summed E-state index contributed by atoms with van der Waals surface area (Å²) >= 11 is 1.52. The molecule has 4 aromatic carbocycles. The van der Waals surface area contributed by atoms with Crippen LogP contribution in [0.15, 0.2) is 143 Å². The van der Waals surface area contributed by atoms with Crippen molar-refractivity contribution in [3.8, 4) is 22.6 Å². The predicted molar refractivity (Wildman–Crippen MR) is 185 cm³/mol. The maximum absolute atomic E-state index is 12.6. The summed E-state index contributed by atoms with van der Waals surface area (Å²) in [7, 11) is 0. The first-order valence-electron chi connectivity index (χ1n) is 15.7. The number of nitrogens with one attached hydrogen (secondary N) is 1. The lowest BCUT2D eigenvalue weighted by molar-refractivity contribution is -0.245. The number of thioether (sulfide) groups is 1. The molecule has 240 valence electrons. The van der Waals surface area contributed by atoms with Crippen molar-refractivity contribution < 1.29 is 23.8 Å². The fourth-order valence-electron chi connectivity index (χ4n) is 5.55. The fraction of sp³-hybridized carbons (Fsp3) is 0.154. The predicted octanol–water partition coefficient (Wildman–Crippen LogP) is 8.49. The highest BCUT2D eigenvalue weighted by molar-refractivity contribution is 7.99. The van der Waals surface area contributed by atoms with Gasteiger partial charge in [-0.15, -0.1) is 0 Å². The first kappa shape index (κ1) is 31.5. The van der Waals surface area contributed by atoms with Crippen LogP contribution in [0.2, 0.25) is 0 Å². The van der Waals surface area contributed by atoms with Gasteiger partial charge in [0.25, 0.3) is 11.1 Å². The number of ether oxygens (including phenoxy) is 2. The van der Waals surface area contributed by atoms with Gasteiger partial charge in [0.05, 0.1) is 24.4 Å². The quantitative estimate of drug-likeness (QED) is 0.142. The monoisotopic (exact) mass is 655 g/mol. The van der Waals surface area contributed by atoms with Gasteiger partial charge in [0, 0.05) is 46.9 Å². The van der Waals surface area contributed by atoms with Crippen LogP contribution in [0.4, 0.5) is 5.69 Å². The molecule has 1 fully saturated rings. The lowest BCUT2D eigenvalue weighted by atomic mass is 10.0. The molecular weight excluding hydrogens is 623 g/mol. The molecule has 8 nitrogen and oxygen atoms in total. The number of aliphatic hydroxyl groups is 1. The van der Waals surface area contributed by atoms with Crippen molar-refractivity contribution in [1.29, 1.82) is 0 Å². The van der Waals surface area contributed by atoms with Gasteiger partial charge in [-0.2, -0.15) is 0 Å². The van der Waals surface area contributed by atoms with Crippen LogP contribution in [0.25, 0.3) is 22.6 Å². The number of pyridine rings is 1. The van der Waals surface area contributed by atoms with E-state index in [0.717, 1.165) is 39.3 Å². The summed E-state index contributed by atoms with van der Waals surface area (Å²) in [5.41, 5.74) is 6.55. The largest absolute Gasteiger partial charge is 0.431 e. The minimum atomic E-state index is -0.640. The van der Waals surface area contributed by atoms with E-state index in [2.05, 4.69) is 10.3 Å². The molecule has 1 saturated heterocycles. The number of carbonyl (C=O) groups excluding carboxylic acids is 1. The molecular formula is C39H33N3O5S. The molecule has 2 N–H and O–H groups in total. The van der Waals surface area contributed by atoms with Crippen LogP contribution in [-0.2, 0) is 16.1 Å². The Morgan fingerprint density at radius 1 is 0.812 bits per heavy atom. The van der Waals surface area contributed by atoms with Crippen molar-refractivity contribution in [3.63, 3.8) is 0 Å². The number of aliphatic hydroxyl groups excluding tert-OH is 1. The van der Waals surface area contributed by atoms with E-state index in [0.29, 0.717) is 28.6 Å². The molecule has 0 saturated carbocycles. The number of hydrogen-bond donors (Lipinski definition) is 2. The van der Waals surface area contributed by atoms with E-state index in [1.165, 1.54) is 18.0 Å². The molecule has 9 heteroatoms. The number of anilines is 1. The third-order valence-corrected chi connectivity index (χ3v) is 9.02. The van der Waals surface area contributed by atoms with E-state index in [4.69, 9.17) is 18.9 Å². The van der Waals surface area contributed by atoms with Crippen molar-refractivity contribution >= 4 is 23.4 Å². The van der Waals surface area contributed by atoms with E-state index in [9.17, 15) is 9.90 Å². The van der Waals surface area contributed by atoms with Gasteiger partial charge in [-0.05, 0) is 35.4 Å². The molecule has 2 aromatic heterocycles. The summed E-state index contributed by atoms with van der Waals surface area (Å²) in [5.74, 6) is 1.09. The summed E-state index contributed by atoms with van der Waals surface area (Å²) in [5, 5.41) is 13.0. The second-order valence-corrected chi connectivity index (χ2v) is 12.3. The van der Waals surface area contributed by atoms with Crippen molar-refractivity contribution in [2.45, 2.75) is 36.7 Å². The molecule has 0 radical (unpaired) electrons. The molecule has 3 heterocycles. The molecule has 0 aliphatic carbocycles. The van der Waals surface area contributed by atoms with Crippen LogP contribution in [0.1, 0.15) is 45.9 Å². The van der Waals surface area contributed by atoms with Crippen LogP contribution in [0.3, 0.4) is 0 Å². The van der Waals surface area contributed by atoms with Crippen LogP contribution < -0.4 is 5.32 Å². The van der Waals surface area contributed by atoms with E-state index in [-0.39, 0.29) is 24.7 Å². The van der Waals surface area contributed by atoms with Gasteiger partial charge < -0.3 is 24.3 Å². The maximum atomic E-state index is 12.6. The number of oxazole rings is 1. The SMILES string of the molecule is O=C(Nc1ccc([C@H]2O[C@@H](CSc3nc(-c4ccccc4)c(-c4ccccc4)o3)C[C@@H](c3ccc(CO)cc3)O2)cc1)c1cccnc1. The molecule has 1 aliphatic heterocycles. The summed E-state index contributed by atoms with van der Waals surface area (Å²) in [6.45, 7) is -0.0213. The number of rotatable bonds is 10. The zero-order chi connectivity index (χ0) is 32.7. The highest BCUT2D eigenvalue weighted by Gasteiger charge is 2.33. The summed E-state index contributed by atoms with van der Waals surface area (Å²) in [6, 6.07) is 38.8. The van der Waals surface area contributed by atoms with E-state index in [1.54, 1.807) is 18.3 Å². The Bertz CT molecular complexity index is 1880. The minimum absolute atomic E-state index is 0.0213. The van der Waals surface area contributed by atoms with Crippen LogP contribution in [0, 0.1) is 0 Å². The minimum Gasteiger partial charge on any atom is -0.431 e. The van der Waals surface area contributed by atoms with Gasteiger partial charge in [0.15, 0.2) is 12.1 Å². The van der Waals surface area contributed by atoms with Gasteiger partial charge in [0.1, 0.15) is 5.69 Å². The Kier molecular flexibility index (Phi) is 9.72. The molecule has 7 rings (SSSR count). The Morgan fingerprint density at radius 2 is 1.52 bits per heavy atom. The second kappa shape index (κ2) is 14.8. The van der Waals surface area contributed by atoms with E-state index >= 15 is 0 Å². The molecule has 0 spiro atoms. The molecule has 3 atom stereocenters. The highest BCUT2D eigenvalue weighted by Crippen LogP contribution is 2.41. The van der Waals surface area contributed by atoms with Crippen LogP contribution >= 0.6 is 11.8 Å². The third-order valence-electron chi connectivity index (χ3n) is 8.06. The zero-order valence-electron chi connectivity index (χ0n) is 25.9. The lowest BCUT2D eigenvalue weighted by Gasteiger charge is -2.36. The average molecular weight is 656 g/mol. The third kappa shape index (κ3) is 7.40. The molecule has 48 heavy (non-hydrogen) atoms. The molecule has 6 aromatic rings. The second-order valence-electron chi connectivity index (χ2n) is 11.4.